The first-order chi connectivity index (χ1) is 11.6. The van der Waals surface area contributed by atoms with Crippen LogP contribution in [0.1, 0.15) is 16.1 Å². The van der Waals surface area contributed by atoms with E-state index in [4.69, 9.17) is 4.74 Å². The van der Waals surface area contributed by atoms with Gasteiger partial charge in [-0.05, 0) is 37.3 Å². The molecule has 24 heavy (non-hydrogen) atoms. The molecule has 0 atom stereocenters. The van der Waals surface area contributed by atoms with Crippen molar-refractivity contribution in [2.45, 2.75) is 6.92 Å². The SMILES string of the molecule is COc1ccc2c(c1)c1c(C)nn(C)c1n2C(=O)c1ccccc1. The molecule has 5 nitrogen and oxygen atoms in total. The van der Waals surface area contributed by atoms with Gasteiger partial charge in [0.05, 0.1) is 23.7 Å². The van der Waals surface area contributed by atoms with Crippen LogP contribution in [0.5, 0.6) is 5.75 Å². The van der Waals surface area contributed by atoms with Crippen LogP contribution in [0.4, 0.5) is 0 Å². The number of carbonyl (C=O) groups is 1. The Morgan fingerprint density at radius 3 is 2.58 bits per heavy atom. The van der Waals surface area contributed by atoms with E-state index in [1.807, 2.05) is 62.5 Å². The number of ether oxygens (including phenoxy) is 1. The standard InChI is InChI=1S/C19H17N3O2/c1-12-17-15-11-14(24-3)9-10-16(15)22(18(17)21(2)20-12)19(23)13-7-5-4-6-8-13/h4-11H,1-3H3. The lowest BCUT2D eigenvalue weighted by Crippen LogP contribution is -2.13. The van der Waals surface area contributed by atoms with Crippen LogP contribution in [0.25, 0.3) is 21.9 Å². The van der Waals surface area contributed by atoms with E-state index >= 15 is 0 Å². The van der Waals surface area contributed by atoms with Crippen LogP contribution < -0.4 is 4.74 Å². The van der Waals surface area contributed by atoms with Crippen molar-refractivity contribution in [2.75, 3.05) is 7.11 Å². The fourth-order valence-corrected chi connectivity index (χ4v) is 3.28. The maximum Gasteiger partial charge on any atom is 0.264 e. The van der Waals surface area contributed by atoms with Crippen molar-refractivity contribution in [2.24, 2.45) is 7.05 Å². The maximum absolute atomic E-state index is 13.1. The first-order valence-electron chi connectivity index (χ1n) is 7.73. The summed E-state index contributed by atoms with van der Waals surface area (Å²) in [4.78, 5) is 13.1. The summed E-state index contributed by atoms with van der Waals surface area (Å²) < 4.78 is 8.85. The van der Waals surface area contributed by atoms with Crippen molar-refractivity contribution < 1.29 is 9.53 Å². The van der Waals surface area contributed by atoms with Crippen LogP contribution in [0, 0.1) is 6.92 Å². The van der Waals surface area contributed by atoms with Gasteiger partial charge in [-0.2, -0.15) is 5.10 Å². The van der Waals surface area contributed by atoms with E-state index in [1.54, 1.807) is 16.4 Å². The van der Waals surface area contributed by atoms with Gasteiger partial charge in [0.2, 0.25) is 0 Å². The van der Waals surface area contributed by atoms with E-state index < -0.39 is 0 Å². The van der Waals surface area contributed by atoms with Crippen LogP contribution in [-0.2, 0) is 7.05 Å². The van der Waals surface area contributed by atoms with Gasteiger partial charge in [0.25, 0.3) is 5.91 Å². The number of benzene rings is 2. The molecule has 0 saturated heterocycles. The Labute approximate surface area is 139 Å². The third-order valence-corrected chi connectivity index (χ3v) is 4.34. The molecule has 0 radical (unpaired) electrons. The van der Waals surface area contributed by atoms with E-state index in [1.165, 1.54) is 0 Å². The van der Waals surface area contributed by atoms with E-state index in [-0.39, 0.29) is 5.91 Å². The summed E-state index contributed by atoms with van der Waals surface area (Å²) in [6.45, 7) is 1.96. The fourth-order valence-electron chi connectivity index (χ4n) is 3.28. The van der Waals surface area contributed by atoms with Gasteiger partial charge >= 0.3 is 0 Å². The molecule has 4 rings (SSSR count). The third kappa shape index (κ3) is 1.94. The number of hydrogen-bond acceptors (Lipinski definition) is 3. The first kappa shape index (κ1) is 14.5. The van der Waals surface area contributed by atoms with E-state index in [2.05, 4.69) is 5.10 Å². The quantitative estimate of drug-likeness (QED) is 0.568. The number of fused-ring (bicyclic) bond motifs is 3. The minimum Gasteiger partial charge on any atom is -0.497 e. The zero-order valence-electron chi connectivity index (χ0n) is 13.8. The summed E-state index contributed by atoms with van der Waals surface area (Å²) in [6, 6.07) is 15.0. The molecular weight excluding hydrogens is 302 g/mol. The average molecular weight is 319 g/mol. The molecule has 0 N–H and O–H groups in total. The molecule has 0 aliphatic carbocycles. The van der Waals surface area contributed by atoms with Crippen LogP contribution in [-0.4, -0.2) is 27.4 Å². The second-order valence-corrected chi connectivity index (χ2v) is 5.80. The molecule has 0 unspecified atom stereocenters. The molecule has 2 aromatic carbocycles. The molecular formula is C19H17N3O2. The molecule has 0 saturated carbocycles. The van der Waals surface area contributed by atoms with Crippen LogP contribution in [0.2, 0.25) is 0 Å². The summed E-state index contributed by atoms with van der Waals surface area (Å²) >= 11 is 0. The summed E-state index contributed by atoms with van der Waals surface area (Å²) in [5, 5.41) is 6.45. The van der Waals surface area contributed by atoms with Gasteiger partial charge in [-0.15, -0.1) is 0 Å². The Morgan fingerprint density at radius 2 is 1.88 bits per heavy atom. The summed E-state index contributed by atoms with van der Waals surface area (Å²) in [7, 11) is 3.50. The third-order valence-electron chi connectivity index (χ3n) is 4.34. The molecule has 2 heterocycles. The van der Waals surface area contributed by atoms with Gasteiger partial charge in [0.1, 0.15) is 11.4 Å². The fraction of sp³-hybridized carbons (Fsp3) is 0.158. The average Bonchev–Trinajstić information content (AvgIpc) is 3.10. The Hall–Kier alpha value is -3.08. The molecule has 0 spiro atoms. The molecule has 0 aliphatic rings. The largest absolute Gasteiger partial charge is 0.497 e. The lowest BCUT2D eigenvalue weighted by Gasteiger charge is -2.07. The second-order valence-electron chi connectivity index (χ2n) is 5.80. The van der Waals surface area contributed by atoms with Crippen molar-refractivity contribution >= 4 is 27.8 Å². The molecule has 120 valence electrons. The molecule has 5 heteroatoms. The van der Waals surface area contributed by atoms with E-state index in [0.29, 0.717) is 5.56 Å². The number of hydrogen-bond donors (Lipinski definition) is 0. The van der Waals surface area contributed by atoms with E-state index in [9.17, 15) is 4.79 Å². The van der Waals surface area contributed by atoms with Crippen LogP contribution in [0.15, 0.2) is 48.5 Å². The van der Waals surface area contributed by atoms with Crippen molar-refractivity contribution in [1.82, 2.24) is 14.3 Å². The van der Waals surface area contributed by atoms with Gasteiger partial charge in [0.15, 0.2) is 0 Å². The molecule has 2 aromatic heterocycles. The second kappa shape index (κ2) is 5.23. The number of rotatable bonds is 2. The lowest BCUT2D eigenvalue weighted by atomic mass is 10.2. The predicted octanol–water partition coefficient (Wildman–Crippen LogP) is 3.53. The molecule has 0 aliphatic heterocycles. The van der Waals surface area contributed by atoms with Crippen molar-refractivity contribution in [3.63, 3.8) is 0 Å². The van der Waals surface area contributed by atoms with E-state index in [0.717, 1.165) is 33.4 Å². The highest BCUT2D eigenvalue weighted by molar-refractivity contribution is 6.16. The van der Waals surface area contributed by atoms with Gasteiger partial charge in [-0.1, -0.05) is 18.2 Å². The van der Waals surface area contributed by atoms with Crippen molar-refractivity contribution in [3.8, 4) is 5.75 Å². The van der Waals surface area contributed by atoms with Gasteiger partial charge in [0, 0.05) is 18.0 Å². The Balaban J connectivity index is 2.11. The van der Waals surface area contributed by atoms with Crippen molar-refractivity contribution in [3.05, 3.63) is 59.8 Å². The number of aryl methyl sites for hydroxylation is 2. The highest BCUT2D eigenvalue weighted by atomic mass is 16.5. The highest BCUT2D eigenvalue weighted by Gasteiger charge is 2.22. The number of methoxy groups -OCH3 is 1. The lowest BCUT2D eigenvalue weighted by molar-refractivity contribution is 0.0968. The number of nitrogens with zero attached hydrogens (tertiary/aromatic N) is 3. The van der Waals surface area contributed by atoms with Gasteiger partial charge in [-0.3, -0.25) is 14.0 Å². The van der Waals surface area contributed by atoms with Gasteiger partial charge in [-0.25, -0.2) is 0 Å². The zero-order valence-corrected chi connectivity index (χ0v) is 13.8. The summed E-state index contributed by atoms with van der Waals surface area (Å²) in [5.41, 5.74) is 3.19. The Bertz CT molecular complexity index is 1070. The molecule has 0 bridgehead atoms. The Kier molecular flexibility index (Phi) is 3.16. The van der Waals surface area contributed by atoms with Crippen LogP contribution >= 0.6 is 0 Å². The normalized spacial score (nSPS) is 11.3. The maximum atomic E-state index is 13.1. The molecule has 0 amide bonds. The number of aromatic nitrogens is 3. The summed E-state index contributed by atoms with van der Waals surface area (Å²) in [6.07, 6.45) is 0. The van der Waals surface area contributed by atoms with Crippen molar-refractivity contribution in [1.29, 1.82) is 0 Å². The summed E-state index contributed by atoms with van der Waals surface area (Å²) in [5.74, 6) is 0.695. The minimum absolute atomic E-state index is 0.0660. The van der Waals surface area contributed by atoms with Crippen LogP contribution in [0.3, 0.4) is 0 Å². The first-order valence-corrected chi connectivity index (χ1v) is 7.73. The highest BCUT2D eigenvalue weighted by Crippen LogP contribution is 2.34. The molecule has 4 aromatic rings. The molecule has 0 fully saturated rings. The topological polar surface area (TPSA) is 49.0 Å². The van der Waals surface area contributed by atoms with Gasteiger partial charge < -0.3 is 4.74 Å². The smallest absolute Gasteiger partial charge is 0.264 e. The monoisotopic (exact) mass is 319 g/mol. The Morgan fingerprint density at radius 1 is 1.12 bits per heavy atom. The zero-order chi connectivity index (χ0) is 16.8. The predicted molar refractivity (Wildman–Crippen MR) is 93.7 cm³/mol. The minimum atomic E-state index is -0.0660. The number of carbonyl (C=O) groups excluding carboxylic acids is 1.